The van der Waals surface area contributed by atoms with E-state index < -0.39 is 4.32 Å². The largest absolute Gasteiger partial charge is 0.341 e. The van der Waals surface area contributed by atoms with Gasteiger partial charge >= 0.3 is 0 Å². The molecule has 0 spiro atoms. The molecule has 86 valence electrons. The molecule has 0 aliphatic heterocycles. The van der Waals surface area contributed by atoms with Gasteiger partial charge in [-0.25, -0.2) is 0 Å². The number of amides is 1. The van der Waals surface area contributed by atoms with Crippen LogP contribution in [0, 0.1) is 11.8 Å². The zero-order chi connectivity index (χ0) is 11.1. The molecule has 0 aromatic heterocycles. The fraction of sp³-hybridized carbons (Fsp3) is 0.917. The molecule has 2 aliphatic carbocycles. The molecule has 0 N–H and O–H groups in total. The van der Waals surface area contributed by atoms with Gasteiger partial charge in [-0.3, -0.25) is 4.79 Å². The minimum atomic E-state index is -0.392. The second-order valence-electron chi connectivity index (χ2n) is 5.57. The summed E-state index contributed by atoms with van der Waals surface area (Å²) in [6.07, 6.45) is 5.27. The minimum absolute atomic E-state index is 0.265. The van der Waals surface area contributed by atoms with E-state index in [1.807, 2.05) is 13.8 Å². The Hall–Kier alpha value is -0.0500. The molecule has 15 heavy (non-hydrogen) atoms. The highest BCUT2D eigenvalue weighted by atomic mass is 79.9. The first-order chi connectivity index (χ1) is 6.97. The van der Waals surface area contributed by atoms with Gasteiger partial charge in [-0.15, -0.1) is 0 Å². The first kappa shape index (κ1) is 11.4. The average Bonchev–Trinajstić information content (AvgIpc) is 2.92. The van der Waals surface area contributed by atoms with Crippen molar-refractivity contribution in [2.45, 2.75) is 43.9 Å². The van der Waals surface area contributed by atoms with Crippen LogP contribution in [0.5, 0.6) is 0 Å². The van der Waals surface area contributed by atoms with Crippen LogP contribution in [0.2, 0.25) is 0 Å². The molecule has 0 saturated heterocycles. The van der Waals surface area contributed by atoms with Crippen LogP contribution in [0.3, 0.4) is 0 Å². The summed E-state index contributed by atoms with van der Waals surface area (Å²) < 4.78 is -0.392. The van der Waals surface area contributed by atoms with Gasteiger partial charge in [-0.1, -0.05) is 15.9 Å². The number of hydrogen-bond donors (Lipinski definition) is 0. The summed E-state index contributed by atoms with van der Waals surface area (Å²) in [6.45, 7) is 5.87. The van der Waals surface area contributed by atoms with Crippen molar-refractivity contribution in [1.82, 2.24) is 4.90 Å². The summed E-state index contributed by atoms with van der Waals surface area (Å²) >= 11 is 3.47. The standard InChI is InChI=1S/C12H20BrNO/c1-12(2,13)11(15)14(7-9-3-4-9)8-10-5-6-10/h9-10H,3-8H2,1-2H3. The van der Waals surface area contributed by atoms with Gasteiger partial charge in [0.1, 0.15) is 0 Å². The molecule has 2 saturated carbocycles. The third-order valence-electron chi connectivity index (χ3n) is 3.15. The Morgan fingerprint density at radius 1 is 1.20 bits per heavy atom. The molecule has 0 aromatic carbocycles. The van der Waals surface area contributed by atoms with E-state index in [2.05, 4.69) is 20.8 Å². The quantitative estimate of drug-likeness (QED) is 0.706. The maximum Gasteiger partial charge on any atom is 0.238 e. The van der Waals surface area contributed by atoms with E-state index in [0.717, 1.165) is 24.9 Å². The van der Waals surface area contributed by atoms with Crippen molar-refractivity contribution in [3.05, 3.63) is 0 Å². The summed E-state index contributed by atoms with van der Waals surface area (Å²) in [5, 5.41) is 0. The second kappa shape index (κ2) is 4.08. The third-order valence-corrected chi connectivity index (χ3v) is 3.49. The summed E-state index contributed by atoms with van der Waals surface area (Å²) in [4.78, 5) is 14.3. The molecule has 0 radical (unpaired) electrons. The Morgan fingerprint density at radius 3 is 1.87 bits per heavy atom. The Labute approximate surface area is 101 Å². The first-order valence-electron chi connectivity index (χ1n) is 5.95. The third kappa shape index (κ3) is 3.47. The molecular weight excluding hydrogens is 254 g/mol. The van der Waals surface area contributed by atoms with Crippen molar-refractivity contribution < 1.29 is 4.79 Å². The molecule has 0 unspecified atom stereocenters. The van der Waals surface area contributed by atoms with Gasteiger partial charge in [0.05, 0.1) is 4.32 Å². The number of alkyl halides is 1. The van der Waals surface area contributed by atoms with Crippen LogP contribution >= 0.6 is 15.9 Å². The van der Waals surface area contributed by atoms with Crippen LogP contribution < -0.4 is 0 Å². The topological polar surface area (TPSA) is 20.3 Å². The molecule has 0 heterocycles. The molecule has 1 amide bonds. The molecule has 2 fully saturated rings. The highest BCUT2D eigenvalue weighted by Crippen LogP contribution is 2.35. The summed E-state index contributed by atoms with van der Waals surface area (Å²) in [5.74, 6) is 1.85. The molecule has 2 aliphatic rings. The SMILES string of the molecule is CC(C)(Br)C(=O)N(CC1CC1)CC1CC1. The maximum absolute atomic E-state index is 12.2. The van der Waals surface area contributed by atoms with E-state index >= 15 is 0 Å². The molecule has 2 nitrogen and oxygen atoms in total. The highest BCUT2D eigenvalue weighted by Gasteiger charge is 2.36. The minimum Gasteiger partial charge on any atom is -0.341 e. The Bertz CT molecular complexity index is 237. The number of nitrogens with zero attached hydrogens (tertiary/aromatic N) is 1. The predicted octanol–water partition coefficient (Wildman–Crippen LogP) is 2.81. The molecule has 0 atom stereocenters. The lowest BCUT2D eigenvalue weighted by molar-refractivity contribution is -0.133. The van der Waals surface area contributed by atoms with E-state index in [1.165, 1.54) is 25.7 Å². The number of hydrogen-bond acceptors (Lipinski definition) is 1. The number of carbonyl (C=O) groups excluding carboxylic acids is 1. The number of carbonyl (C=O) groups is 1. The smallest absolute Gasteiger partial charge is 0.238 e. The van der Waals surface area contributed by atoms with Gasteiger partial charge in [-0.05, 0) is 51.4 Å². The van der Waals surface area contributed by atoms with Crippen LogP contribution in [-0.2, 0) is 4.79 Å². The number of rotatable bonds is 5. The maximum atomic E-state index is 12.2. The molecule has 2 rings (SSSR count). The lowest BCUT2D eigenvalue weighted by atomic mass is 10.1. The van der Waals surface area contributed by atoms with Crippen LogP contribution in [0.15, 0.2) is 0 Å². The van der Waals surface area contributed by atoms with Crippen molar-refractivity contribution in [3.63, 3.8) is 0 Å². The predicted molar refractivity (Wildman–Crippen MR) is 65.0 cm³/mol. The van der Waals surface area contributed by atoms with Crippen molar-refractivity contribution in [3.8, 4) is 0 Å². The van der Waals surface area contributed by atoms with E-state index in [-0.39, 0.29) is 5.91 Å². The van der Waals surface area contributed by atoms with Crippen LogP contribution in [0.25, 0.3) is 0 Å². The van der Waals surface area contributed by atoms with Crippen molar-refractivity contribution in [2.75, 3.05) is 13.1 Å². The lowest BCUT2D eigenvalue weighted by Gasteiger charge is -2.28. The van der Waals surface area contributed by atoms with Gasteiger partial charge < -0.3 is 4.90 Å². The summed E-state index contributed by atoms with van der Waals surface area (Å²) in [6, 6.07) is 0. The van der Waals surface area contributed by atoms with Crippen molar-refractivity contribution in [1.29, 1.82) is 0 Å². The van der Waals surface area contributed by atoms with Gasteiger partial charge in [0.15, 0.2) is 0 Å². The highest BCUT2D eigenvalue weighted by molar-refractivity contribution is 9.10. The Morgan fingerprint density at radius 2 is 1.60 bits per heavy atom. The molecule has 3 heteroatoms. The fourth-order valence-electron chi connectivity index (χ4n) is 1.84. The molecule has 0 aromatic rings. The van der Waals surface area contributed by atoms with Gasteiger partial charge in [-0.2, -0.15) is 0 Å². The van der Waals surface area contributed by atoms with Gasteiger partial charge in [0.2, 0.25) is 5.91 Å². The second-order valence-corrected chi connectivity index (χ2v) is 7.55. The zero-order valence-electron chi connectivity index (χ0n) is 9.63. The average molecular weight is 274 g/mol. The van der Waals surface area contributed by atoms with Crippen molar-refractivity contribution in [2.24, 2.45) is 11.8 Å². The Balaban J connectivity index is 1.92. The summed E-state index contributed by atoms with van der Waals surface area (Å²) in [7, 11) is 0. The van der Waals surface area contributed by atoms with Crippen molar-refractivity contribution >= 4 is 21.8 Å². The molecule has 0 bridgehead atoms. The normalized spacial score (nSPS) is 21.5. The van der Waals surface area contributed by atoms with Crippen LogP contribution in [0.4, 0.5) is 0 Å². The number of halogens is 1. The zero-order valence-corrected chi connectivity index (χ0v) is 11.2. The van der Waals surface area contributed by atoms with E-state index in [4.69, 9.17) is 0 Å². The van der Waals surface area contributed by atoms with Gasteiger partial charge in [0, 0.05) is 13.1 Å². The fourth-order valence-corrected chi connectivity index (χ4v) is 2.09. The molecular formula is C12H20BrNO. The van der Waals surface area contributed by atoms with Crippen LogP contribution in [-0.4, -0.2) is 28.2 Å². The van der Waals surface area contributed by atoms with E-state index in [9.17, 15) is 4.79 Å². The lowest BCUT2D eigenvalue weighted by Crippen LogP contribution is -2.43. The van der Waals surface area contributed by atoms with E-state index in [1.54, 1.807) is 0 Å². The van der Waals surface area contributed by atoms with Gasteiger partial charge in [0.25, 0.3) is 0 Å². The van der Waals surface area contributed by atoms with E-state index in [0.29, 0.717) is 0 Å². The Kier molecular flexibility index (Phi) is 3.11. The van der Waals surface area contributed by atoms with Crippen LogP contribution in [0.1, 0.15) is 39.5 Å². The monoisotopic (exact) mass is 273 g/mol. The summed E-state index contributed by atoms with van der Waals surface area (Å²) in [5.41, 5.74) is 0. The first-order valence-corrected chi connectivity index (χ1v) is 6.74.